The number of hydrogen-bond acceptors (Lipinski definition) is 2. The largest absolute Gasteiger partial charge is 0.481 e. The molecule has 1 aromatic carbocycles. The molecule has 1 unspecified atom stereocenters. The van der Waals surface area contributed by atoms with E-state index in [2.05, 4.69) is 5.32 Å². The molecule has 0 fully saturated rings. The lowest BCUT2D eigenvalue weighted by atomic mass is 9.95. The number of carbonyl (C=O) groups is 2. The van der Waals surface area contributed by atoms with Crippen molar-refractivity contribution in [3.05, 3.63) is 35.9 Å². The fourth-order valence-corrected chi connectivity index (χ4v) is 1.82. The molecule has 0 bridgehead atoms. The molecule has 0 aliphatic carbocycles. The fraction of sp³-hybridized carbons (Fsp3) is 0.429. The number of hydrogen-bond donors (Lipinski definition) is 2. The van der Waals surface area contributed by atoms with Crippen molar-refractivity contribution < 1.29 is 14.7 Å². The van der Waals surface area contributed by atoms with E-state index < -0.39 is 5.97 Å². The van der Waals surface area contributed by atoms with Crippen LogP contribution in [0.5, 0.6) is 0 Å². The number of benzene rings is 1. The van der Waals surface area contributed by atoms with E-state index in [0.29, 0.717) is 25.8 Å². The third-order valence-corrected chi connectivity index (χ3v) is 2.78. The number of amides is 1. The molecule has 18 heavy (non-hydrogen) atoms. The summed E-state index contributed by atoms with van der Waals surface area (Å²) in [5.74, 6) is -1.24. The Morgan fingerprint density at radius 2 is 1.94 bits per heavy atom. The van der Waals surface area contributed by atoms with Crippen molar-refractivity contribution in [3.8, 4) is 0 Å². The van der Waals surface area contributed by atoms with Crippen LogP contribution < -0.4 is 5.32 Å². The van der Waals surface area contributed by atoms with Crippen LogP contribution >= 0.6 is 0 Å². The Labute approximate surface area is 107 Å². The van der Waals surface area contributed by atoms with E-state index in [4.69, 9.17) is 5.11 Å². The summed E-state index contributed by atoms with van der Waals surface area (Å²) in [7, 11) is 0. The Morgan fingerprint density at radius 1 is 1.28 bits per heavy atom. The van der Waals surface area contributed by atoms with Crippen LogP contribution in [0.1, 0.15) is 25.3 Å². The monoisotopic (exact) mass is 249 g/mol. The molecule has 0 heterocycles. The molecule has 4 heteroatoms. The van der Waals surface area contributed by atoms with Crippen LogP contribution in [0.2, 0.25) is 0 Å². The van der Waals surface area contributed by atoms with Gasteiger partial charge in [0.25, 0.3) is 0 Å². The van der Waals surface area contributed by atoms with Crippen LogP contribution in [0.25, 0.3) is 0 Å². The molecule has 4 nitrogen and oxygen atoms in total. The molecular weight excluding hydrogens is 230 g/mol. The normalized spacial score (nSPS) is 11.8. The number of rotatable bonds is 7. The molecule has 2 N–H and O–H groups in total. The topological polar surface area (TPSA) is 66.4 Å². The Bertz CT molecular complexity index is 389. The second-order valence-corrected chi connectivity index (χ2v) is 4.35. The summed E-state index contributed by atoms with van der Waals surface area (Å²) in [6.07, 6.45) is 1.80. The molecule has 1 aromatic rings. The molecule has 1 rings (SSSR count). The standard InChI is InChI=1S/C14H19NO3/c1-11(16)15-9-5-8-13(14(17)18)10-12-6-3-2-4-7-12/h2-4,6-7,13H,5,8-10H2,1H3,(H,15,16)(H,17,18). The summed E-state index contributed by atoms with van der Waals surface area (Å²) in [6, 6.07) is 9.60. The van der Waals surface area contributed by atoms with E-state index in [1.807, 2.05) is 30.3 Å². The molecular formula is C14H19NO3. The minimum absolute atomic E-state index is 0.0788. The Hall–Kier alpha value is -1.84. The van der Waals surface area contributed by atoms with Gasteiger partial charge < -0.3 is 10.4 Å². The number of carbonyl (C=O) groups excluding carboxylic acids is 1. The minimum Gasteiger partial charge on any atom is -0.481 e. The van der Waals surface area contributed by atoms with Gasteiger partial charge in [0.2, 0.25) is 5.91 Å². The van der Waals surface area contributed by atoms with Crippen molar-refractivity contribution >= 4 is 11.9 Å². The summed E-state index contributed by atoms with van der Waals surface area (Å²) >= 11 is 0. The van der Waals surface area contributed by atoms with Crippen molar-refractivity contribution in [1.82, 2.24) is 5.32 Å². The molecule has 1 atom stereocenters. The van der Waals surface area contributed by atoms with E-state index in [0.717, 1.165) is 5.56 Å². The molecule has 1 amide bonds. The van der Waals surface area contributed by atoms with Crippen molar-refractivity contribution in [1.29, 1.82) is 0 Å². The van der Waals surface area contributed by atoms with Crippen molar-refractivity contribution in [3.63, 3.8) is 0 Å². The second-order valence-electron chi connectivity index (χ2n) is 4.35. The zero-order valence-electron chi connectivity index (χ0n) is 10.6. The van der Waals surface area contributed by atoms with Crippen molar-refractivity contribution in [2.45, 2.75) is 26.2 Å². The van der Waals surface area contributed by atoms with E-state index in [1.54, 1.807) is 0 Å². The van der Waals surface area contributed by atoms with Crippen LogP contribution in [0, 0.1) is 5.92 Å². The molecule has 0 radical (unpaired) electrons. The van der Waals surface area contributed by atoms with Gasteiger partial charge in [-0.2, -0.15) is 0 Å². The van der Waals surface area contributed by atoms with Crippen molar-refractivity contribution in [2.75, 3.05) is 6.54 Å². The van der Waals surface area contributed by atoms with Gasteiger partial charge in [0.15, 0.2) is 0 Å². The second kappa shape index (κ2) is 7.48. The third kappa shape index (κ3) is 5.48. The summed E-state index contributed by atoms with van der Waals surface area (Å²) in [4.78, 5) is 21.8. The van der Waals surface area contributed by atoms with Gasteiger partial charge in [-0.3, -0.25) is 9.59 Å². The number of aliphatic carboxylic acids is 1. The molecule has 0 saturated heterocycles. The SMILES string of the molecule is CC(=O)NCCCC(Cc1ccccc1)C(=O)O. The predicted molar refractivity (Wildman–Crippen MR) is 69.2 cm³/mol. The molecule has 0 aromatic heterocycles. The van der Waals surface area contributed by atoms with Crippen molar-refractivity contribution in [2.24, 2.45) is 5.92 Å². The van der Waals surface area contributed by atoms with Gasteiger partial charge >= 0.3 is 5.97 Å². The van der Waals surface area contributed by atoms with Gasteiger partial charge in [-0.05, 0) is 24.8 Å². The van der Waals surface area contributed by atoms with E-state index >= 15 is 0 Å². The Morgan fingerprint density at radius 3 is 2.50 bits per heavy atom. The lowest BCUT2D eigenvalue weighted by Gasteiger charge is -2.12. The van der Waals surface area contributed by atoms with Crippen LogP contribution in [-0.2, 0) is 16.0 Å². The minimum atomic E-state index is -0.776. The fourth-order valence-electron chi connectivity index (χ4n) is 1.82. The molecule has 0 aliphatic heterocycles. The van der Waals surface area contributed by atoms with Gasteiger partial charge in [0, 0.05) is 13.5 Å². The Kier molecular flexibility index (Phi) is 5.91. The van der Waals surface area contributed by atoms with E-state index in [1.165, 1.54) is 6.92 Å². The summed E-state index contributed by atoms with van der Waals surface area (Å²) < 4.78 is 0. The zero-order valence-corrected chi connectivity index (χ0v) is 10.6. The van der Waals surface area contributed by atoms with Crippen LogP contribution in [0.15, 0.2) is 30.3 Å². The Balaban J connectivity index is 2.41. The smallest absolute Gasteiger partial charge is 0.306 e. The lowest BCUT2D eigenvalue weighted by Crippen LogP contribution is -2.23. The van der Waals surface area contributed by atoms with Gasteiger partial charge in [0.1, 0.15) is 0 Å². The summed E-state index contributed by atoms with van der Waals surface area (Å²) in [5.41, 5.74) is 1.03. The highest BCUT2D eigenvalue weighted by Crippen LogP contribution is 2.14. The molecule has 0 saturated carbocycles. The highest BCUT2D eigenvalue weighted by molar-refractivity contribution is 5.72. The maximum atomic E-state index is 11.1. The average molecular weight is 249 g/mol. The van der Waals surface area contributed by atoms with Gasteiger partial charge in [-0.25, -0.2) is 0 Å². The van der Waals surface area contributed by atoms with Crippen LogP contribution in [-0.4, -0.2) is 23.5 Å². The van der Waals surface area contributed by atoms with Gasteiger partial charge in [-0.15, -0.1) is 0 Å². The predicted octanol–water partition coefficient (Wildman–Crippen LogP) is 1.85. The first-order valence-corrected chi connectivity index (χ1v) is 6.10. The van der Waals surface area contributed by atoms with Gasteiger partial charge in [-0.1, -0.05) is 30.3 Å². The first-order chi connectivity index (χ1) is 8.59. The zero-order chi connectivity index (χ0) is 13.4. The first-order valence-electron chi connectivity index (χ1n) is 6.10. The number of nitrogens with one attached hydrogen (secondary N) is 1. The maximum Gasteiger partial charge on any atom is 0.306 e. The van der Waals surface area contributed by atoms with Gasteiger partial charge in [0.05, 0.1) is 5.92 Å². The number of carboxylic acids is 1. The molecule has 0 spiro atoms. The van der Waals surface area contributed by atoms with E-state index in [9.17, 15) is 9.59 Å². The lowest BCUT2D eigenvalue weighted by molar-refractivity contribution is -0.141. The van der Waals surface area contributed by atoms with Crippen LogP contribution in [0.4, 0.5) is 0 Å². The highest BCUT2D eigenvalue weighted by Gasteiger charge is 2.17. The number of carboxylic acid groups (broad SMARTS) is 1. The highest BCUT2D eigenvalue weighted by atomic mass is 16.4. The first kappa shape index (κ1) is 14.2. The third-order valence-electron chi connectivity index (χ3n) is 2.78. The average Bonchev–Trinajstić information content (AvgIpc) is 2.33. The van der Waals surface area contributed by atoms with Crippen LogP contribution in [0.3, 0.4) is 0 Å². The molecule has 98 valence electrons. The van der Waals surface area contributed by atoms with E-state index in [-0.39, 0.29) is 11.8 Å². The maximum absolute atomic E-state index is 11.1. The summed E-state index contributed by atoms with van der Waals surface area (Å²) in [6.45, 7) is 1.99. The summed E-state index contributed by atoms with van der Waals surface area (Å²) in [5, 5.41) is 11.8. The molecule has 0 aliphatic rings. The quantitative estimate of drug-likeness (QED) is 0.725.